The van der Waals surface area contributed by atoms with Gasteiger partial charge in [0, 0.05) is 30.1 Å². The number of benzene rings is 1. The summed E-state index contributed by atoms with van der Waals surface area (Å²) in [6, 6.07) is 6.85. The number of hydrogen-bond donors (Lipinski definition) is 1. The summed E-state index contributed by atoms with van der Waals surface area (Å²) in [5.74, 6) is 0. The second kappa shape index (κ2) is 6.01. The molecular formula is C12H18BrClN2. The zero-order chi connectivity index (χ0) is 10.8. The van der Waals surface area contributed by atoms with Crippen LogP contribution in [0.1, 0.15) is 17.5 Å². The number of likely N-dealkylation sites (tertiary alicyclic amines) is 1. The average molecular weight is 306 g/mol. The molecule has 2 nitrogen and oxygen atoms in total. The molecule has 0 radical (unpaired) electrons. The highest BCUT2D eigenvalue weighted by Gasteiger charge is 2.19. The highest BCUT2D eigenvalue weighted by atomic mass is 79.9. The molecule has 0 aromatic heterocycles. The van der Waals surface area contributed by atoms with Crippen LogP contribution >= 0.6 is 28.3 Å². The third-order valence-corrected chi connectivity index (χ3v) is 3.50. The fourth-order valence-corrected chi connectivity index (χ4v) is 2.56. The van der Waals surface area contributed by atoms with E-state index in [1.165, 1.54) is 11.1 Å². The van der Waals surface area contributed by atoms with Crippen LogP contribution in [0.4, 0.5) is 0 Å². The van der Waals surface area contributed by atoms with Crippen molar-refractivity contribution >= 4 is 28.3 Å². The van der Waals surface area contributed by atoms with Gasteiger partial charge in [-0.3, -0.25) is 4.90 Å². The SMILES string of the molecule is Cc1cc(Br)ccc1CN1CCC(N)C1.Cl. The van der Waals surface area contributed by atoms with Gasteiger partial charge in [0.25, 0.3) is 0 Å². The Bertz CT molecular complexity index is 357. The van der Waals surface area contributed by atoms with Crippen LogP contribution in [-0.2, 0) is 6.54 Å². The third-order valence-electron chi connectivity index (χ3n) is 3.01. The minimum Gasteiger partial charge on any atom is -0.326 e. The van der Waals surface area contributed by atoms with E-state index < -0.39 is 0 Å². The van der Waals surface area contributed by atoms with Crippen LogP contribution in [0, 0.1) is 6.92 Å². The van der Waals surface area contributed by atoms with Crippen molar-refractivity contribution in [1.82, 2.24) is 4.90 Å². The van der Waals surface area contributed by atoms with Crippen LogP contribution in [0.5, 0.6) is 0 Å². The van der Waals surface area contributed by atoms with Gasteiger partial charge in [-0.25, -0.2) is 0 Å². The van der Waals surface area contributed by atoms with Gasteiger partial charge in [-0.2, -0.15) is 0 Å². The fraction of sp³-hybridized carbons (Fsp3) is 0.500. The molecule has 1 aromatic rings. The predicted octanol–water partition coefficient (Wildman–Crippen LogP) is 2.71. The summed E-state index contributed by atoms with van der Waals surface area (Å²) in [7, 11) is 0. The first-order valence-electron chi connectivity index (χ1n) is 5.38. The molecular weight excluding hydrogens is 288 g/mol. The van der Waals surface area contributed by atoms with E-state index >= 15 is 0 Å². The molecule has 1 fully saturated rings. The molecule has 2 rings (SSSR count). The monoisotopic (exact) mass is 304 g/mol. The van der Waals surface area contributed by atoms with E-state index in [1.54, 1.807) is 0 Å². The van der Waals surface area contributed by atoms with Crippen molar-refractivity contribution in [2.75, 3.05) is 13.1 Å². The molecule has 1 heterocycles. The Balaban J connectivity index is 0.00000128. The Labute approximate surface area is 112 Å². The quantitative estimate of drug-likeness (QED) is 0.910. The van der Waals surface area contributed by atoms with E-state index in [-0.39, 0.29) is 12.4 Å². The van der Waals surface area contributed by atoms with Gasteiger partial charge in [-0.05, 0) is 36.6 Å². The van der Waals surface area contributed by atoms with E-state index in [1.807, 2.05) is 0 Å². The van der Waals surface area contributed by atoms with Gasteiger partial charge < -0.3 is 5.73 Å². The number of aryl methyl sites for hydroxylation is 1. The van der Waals surface area contributed by atoms with Crippen molar-refractivity contribution in [3.8, 4) is 0 Å². The maximum absolute atomic E-state index is 5.89. The molecule has 1 unspecified atom stereocenters. The number of rotatable bonds is 2. The van der Waals surface area contributed by atoms with Crippen molar-refractivity contribution in [3.05, 3.63) is 33.8 Å². The van der Waals surface area contributed by atoms with Gasteiger partial charge >= 0.3 is 0 Å². The summed E-state index contributed by atoms with van der Waals surface area (Å²) >= 11 is 3.48. The first-order chi connectivity index (χ1) is 7.15. The molecule has 0 bridgehead atoms. The summed E-state index contributed by atoms with van der Waals surface area (Å²) < 4.78 is 1.15. The zero-order valence-electron chi connectivity index (χ0n) is 9.45. The van der Waals surface area contributed by atoms with Crippen LogP contribution in [0.15, 0.2) is 22.7 Å². The van der Waals surface area contributed by atoms with E-state index in [4.69, 9.17) is 5.73 Å². The number of halogens is 2. The van der Waals surface area contributed by atoms with Crippen molar-refractivity contribution in [2.45, 2.75) is 25.9 Å². The first kappa shape index (κ1) is 14.0. The van der Waals surface area contributed by atoms with E-state index in [0.717, 1.165) is 30.5 Å². The Morgan fingerprint density at radius 2 is 2.25 bits per heavy atom. The lowest BCUT2D eigenvalue weighted by Gasteiger charge is -2.16. The van der Waals surface area contributed by atoms with Crippen LogP contribution in [0.2, 0.25) is 0 Å². The van der Waals surface area contributed by atoms with Gasteiger partial charge in [-0.15, -0.1) is 12.4 Å². The molecule has 1 atom stereocenters. The third kappa shape index (κ3) is 3.45. The fourth-order valence-electron chi connectivity index (χ4n) is 2.08. The number of nitrogens with two attached hydrogens (primary N) is 1. The van der Waals surface area contributed by atoms with E-state index in [9.17, 15) is 0 Å². The molecule has 0 aliphatic carbocycles. The first-order valence-corrected chi connectivity index (χ1v) is 6.17. The molecule has 1 aliphatic rings. The Morgan fingerprint density at radius 3 is 2.81 bits per heavy atom. The zero-order valence-corrected chi connectivity index (χ0v) is 11.9. The van der Waals surface area contributed by atoms with Gasteiger partial charge in [-0.1, -0.05) is 22.0 Å². The highest BCUT2D eigenvalue weighted by molar-refractivity contribution is 9.10. The Morgan fingerprint density at radius 1 is 1.50 bits per heavy atom. The van der Waals surface area contributed by atoms with Crippen LogP contribution < -0.4 is 5.73 Å². The minimum atomic E-state index is 0. The molecule has 0 saturated carbocycles. The Hall–Kier alpha value is -0.0900. The lowest BCUT2D eigenvalue weighted by Crippen LogP contribution is -2.26. The molecule has 0 amide bonds. The van der Waals surface area contributed by atoms with Crippen molar-refractivity contribution in [2.24, 2.45) is 5.73 Å². The Kier molecular flexibility index (Phi) is 5.25. The van der Waals surface area contributed by atoms with Crippen LogP contribution in [0.25, 0.3) is 0 Å². The molecule has 16 heavy (non-hydrogen) atoms. The molecule has 1 aliphatic heterocycles. The largest absolute Gasteiger partial charge is 0.326 e. The molecule has 0 spiro atoms. The van der Waals surface area contributed by atoms with Crippen LogP contribution in [-0.4, -0.2) is 24.0 Å². The van der Waals surface area contributed by atoms with Gasteiger partial charge in [0.05, 0.1) is 0 Å². The second-order valence-corrected chi connectivity index (χ2v) is 5.27. The molecule has 90 valence electrons. The summed E-state index contributed by atoms with van der Waals surface area (Å²) in [5.41, 5.74) is 8.65. The normalized spacial score (nSPS) is 20.8. The smallest absolute Gasteiger partial charge is 0.0237 e. The lowest BCUT2D eigenvalue weighted by molar-refractivity contribution is 0.326. The number of nitrogens with zero attached hydrogens (tertiary/aromatic N) is 1. The van der Waals surface area contributed by atoms with Gasteiger partial charge in [0.15, 0.2) is 0 Å². The molecule has 4 heteroatoms. The maximum Gasteiger partial charge on any atom is 0.0237 e. The van der Waals surface area contributed by atoms with Crippen molar-refractivity contribution in [3.63, 3.8) is 0 Å². The summed E-state index contributed by atoms with van der Waals surface area (Å²) in [5, 5.41) is 0. The minimum absolute atomic E-state index is 0. The van der Waals surface area contributed by atoms with Crippen LogP contribution in [0.3, 0.4) is 0 Å². The summed E-state index contributed by atoms with van der Waals surface area (Å²) in [6.45, 7) is 5.37. The average Bonchev–Trinajstić information content (AvgIpc) is 2.56. The number of hydrogen-bond acceptors (Lipinski definition) is 2. The predicted molar refractivity (Wildman–Crippen MR) is 74.0 cm³/mol. The topological polar surface area (TPSA) is 29.3 Å². The standard InChI is InChI=1S/C12H17BrN2.ClH/c1-9-6-11(13)3-2-10(9)7-15-5-4-12(14)8-15;/h2-3,6,12H,4-5,7-8,14H2,1H3;1H. The highest BCUT2D eigenvalue weighted by Crippen LogP contribution is 2.19. The van der Waals surface area contributed by atoms with E-state index in [2.05, 4.69) is 46.0 Å². The lowest BCUT2D eigenvalue weighted by atomic mass is 10.1. The molecule has 1 aromatic carbocycles. The maximum atomic E-state index is 5.89. The second-order valence-electron chi connectivity index (χ2n) is 4.35. The summed E-state index contributed by atoms with van der Waals surface area (Å²) in [6.07, 6.45) is 1.13. The molecule has 2 N–H and O–H groups in total. The molecule has 1 saturated heterocycles. The van der Waals surface area contributed by atoms with Gasteiger partial charge in [0.2, 0.25) is 0 Å². The summed E-state index contributed by atoms with van der Waals surface area (Å²) in [4.78, 5) is 2.43. The van der Waals surface area contributed by atoms with Crippen molar-refractivity contribution < 1.29 is 0 Å². The van der Waals surface area contributed by atoms with Crippen molar-refractivity contribution in [1.29, 1.82) is 0 Å². The van der Waals surface area contributed by atoms with E-state index in [0.29, 0.717) is 6.04 Å². The van der Waals surface area contributed by atoms with Gasteiger partial charge in [0.1, 0.15) is 0 Å².